The van der Waals surface area contributed by atoms with E-state index in [2.05, 4.69) is 28.3 Å². The van der Waals surface area contributed by atoms with Gasteiger partial charge in [-0.25, -0.2) is 0 Å². The van der Waals surface area contributed by atoms with Gasteiger partial charge in [0, 0.05) is 15.5 Å². The van der Waals surface area contributed by atoms with Gasteiger partial charge < -0.3 is 0 Å². The van der Waals surface area contributed by atoms with Crippen molar-refractivity contribution in [3.05, 3.63) is 33.3 Å². The summed E-state index contributed by atoms with van der Waals surface area (Å²) in [6.07, 6.45) is 0.941. The molecule has 0 heterocycles. The smallest absolute Gasteiger partial charge is 0.0468 e. The third-order valence-electron chi connectivity index (χ3n) is 1.95. The highest BCUT2D eigenvalue weighted by Crippen LogP contribution is 2.27. The van der Waals surface area contributed by atoms with Crippen molar-refractivity contribution in [1.29, 1.82) is 0 Å². The number of nitrogens with two attached hydrogens (primary N) is 1. The number of hydrogen-bond acceptors (Lipinski definition) is 2. The molecule has 0 saturated carbocycles. The summed E-state index contributed by atoms with van der Waals surface area (Å²) in [5, 5.41) is 0.725. The fourth-order valence-corrected chi connectivity index (χ4v) is 2.17. The number of hydrazine groups is 1. The molecule has 1 aromatic rings. The van der Waals surface area contributed by atoms with Crippen molar-refractivity contribution in [2.24, 2.45) is 5.84 Å². The minimum atomic E-state index is 0.173. The maximum absolute atomic E-state index is 5.83. The lowest BCUT2D eigenvalue weighted by Gasteiger charge is -2.15. The predicted molar refractivity (Wildman–Crippen MR) is 59.5 cm³/mol. The van der Waals surface area contributed by atoms with E-state index in [4.69, 9.17) is 17.4 Å². The molecule has 4 heteroatoms. The Labute approximate surface area is 91.6 Å². The van der Waals surface area contributed by atoms with Crippen molar-refractivity contribution >= 4 is 27.5 Å². The fourth-order valence-electron chi connectivity index (χ4n) is 1.21. The molecule has 0 aliphatic heterocycles. The van der Waals surface area contributed by atoms with Crippen LogP contribution in [0.25, 0.3) is 0 Å². The summed E-state index contributed by atoms with van der Waals surface area (Å²) in [5.41, 5.74) is 3.89. The average molecular weight is 264 g/mol. The van der Waals surface area contributed by atoms with Crippen molar-refractivity contribution in [1.82, 2.24) is 5.43 Å². The minimum absolute atomic E-state index is 0.173. The van der Waals surface area contributed by atoms with Gasteiger partial charge in [0.1, 0.15) is 0 Å². The van der Waals surface area contributed by atoms with Crippen LogP contribution in [0, 0.1) is 0 Å². The fraction of sp³-hybridized carbons (Fsp3) is 0.333. The van der Waals surface area contributed by atoms with Crippen LogP contribution in [0.15, 0.2) is 22.7 Å². The minimum Gasteiger partial charge on any atom is -0.271 e. The zero-order chi connectivity index (χ0) is 9.84. The zero-order valence-corrected chi connectivity index (χ0v) is 9.69. The summed E-state index contributed by atoms with van der Waals surface area (Å²) in [4.78, 5) is 0. The van der Waals surface area contributed by atoms with E-state index in [0.717, 1.165) is 21.5 Å². The van der Waals surface area contributed by atoms with Gasteiger partial charge in [-0.2, -0.15) is 0 Å². The SMILES string of the molecule is CCC(NN)c1ccc(Cl)cc1Br. The monoisotopic (exact) mass is 262 g/mol. The summed E-state index contributed by atoms with van der Waals surface area (Å²) in [6.45, 7) is 2.07. The Morgan fingerprint density at radius 3 is 2.77 bits per heavy atom. The summed E-state index contributed by atoms with van der Waals surface area (Å²) in [6, 6.07) is 5.88. The Morgan fingerprint density at radius 1 is 1.62 bits per heavy atom. The lowest BCUT2D eigenvalue weighted by Crippen LogP contribution is -2.27. The Kier molecular flexibility index (Phi) is 4.19. The van der Waals surface area contributed by atoms with Crippen LogP contribution in [0.2, 0.25) is 5.02 Å². The second-order valence-corrected chi connectivity index (χ2v) is 4.08. The molecule has 0 aliphatic rings. The van der Waals surface area contributed by atoms with Crippen LogP contribution in [0.5, 0.6) is 0 Å². The Hall–Kier alpha value is -0.0900. The van der Waals surface area contributed by atoms with Gasteiger partial charge in [-0.1, -0.05) is 40.5 Å². The molecule has 0 fully saturated rings. The molecule has 1 rings (SSSR count). The summed E-state index contributed by atoms with van der Waals surface area (Å²) in [7, 11) is 0. The van der Waals surface area contributed by atoms with E-state index in [1.54, 1.807) is 0 Å². The molecule has 0 amide bonds. The van der Waals surface area contributed by atoms with Gasteiger partial charge in [-0.15, -0.1) is 0 Å². The van der Waals surface area contributed by atoms with Crippen LogP contribution in [0.4, 0.5) is 0 Å². The molecule has 0 bridgehead atoms. The molecule has 2 nitrogen and oxygen atoms in total. The molecule has 0 radical (unpaired) electrons. The highest BCUT2D eigenvalue weighted by molar-refractivity contribution is 9.10. The van der Waals surface area contributed by atoms with Crippen molar-refractivity contribution in [2.75, 3.05) is 0 Å². The summed E-state index contributed by atoms with van der Waals surface area (Å²) < 4.78 is 0.991. The predicted octanol–water partition coefficient (Wildman–Crippen LogP) is 3.02. The first-order valence-corrected chi connectivity index (χ1v) is 5.27. The van der Waals surface area contributed by atoms with Crippen LogP contribution < -0.4 is 11.3 Å². The van der Waals surface area contributed by atoms with Gasteiger partial charge in [0.25, 0.3) is 0 Å². The maximum atomic E-state index is 5.83. The molecular formula is C9H12BrClN2. The largest absolute Gasteiger partial charge is 0.271 e. The second kappa shape index (κ2) is 4.96. The second-order valence-electron chi connectivity index (χ2n) is 2.79. The first-order chi connectivity index (χ1) is 6.19. The molecule has 0 aromatic heterocycles. The van der Waals surface area contributed by atoms with E-state index < -0.39 is 0 Å². The molecule has 13 heavy (non-hydrogen) atoms. The van der Waals surface area contributed by atoms with E-state index in [1.165, 1.54) is 0 Å². The number of rotatable bonds is 3. The summed E-state index contributed by atoms with van der Waals surface area (Å²) in [5.74, 6) is 5.42. The van der Waals surface area contributed by atoms with Gasteiger partial charge in [-0.3, -0.25) is 11.3 Å². The van der Waals surface area contributed by atoms with E-state index >= 15 is 0 Å². The molecule has 72 valence electrons. The number of nitrogens with one attached hydrogen (secondary N) is 1. The van der Waals surface area contributed by atoms with Crippen LogP contribution in [-0.4, -0.2) is 0 Å². The molecule has 0 aliphatic carbocycles. The third kappa shape index (κ3) is 2.68. The van der Waals surface area contributed by atoms with Crippen molar-refractivity contribution in [3.8, 4) is 0 Å². The van der Waals surface area contributed by atoms with Gasteiger partial charge in [0.05, 0.1) is 0 Å². The third-order valence-corrected chi connectivity index (χ3v) is 2.87. The molecule has 0 spiro atoms. The van der Waals surface area contributed by atoms with Crippen molar-refractivity contribution in [3.63, 3.8) is 0 Å². The number of benzene rings is 1. The summed E-state index contributed by atoms with van der Waals surface area (Å²) >= 11 is 9.28. The molecular weight excluding hydrogens is 251 g/mol. The first kappa shape index (κ1) is 11.0. The highest BCUT2D eigenvalue weighted by Gasteiger charge is 2.10. The lowest BCUT2D eigenvalue weighted by molar-refractivity contribution is 0.537. The van der Waals surface area contributed by atoms with E-state index in [9.17, 15) is 0 Å². The zero-order valence-electron chi connectivity index (χ0n) is 7.35. The first-order valence-electron chi connectivity index (χ1n) is 4.10. The van der Waals surface area contributed by atoms with Gasteiger partial charge >= 0.3 is 0 Å². The van der Waals surface area contributed by atoms with E-state index in [1.807, 2.05) is 18.2 Å². The number of hydrogen-bond donors (Lipinski definition) is 2. The standard InChI is InChI=1S/C9H12BrClN2/c1-2-9(13-12)7-4-3-6(11)5-8(7)10/h3-5,9,13H,2,12H2,1H3. The average Bonchev–Trinajstić information content (AvgIpc) is 2.10. The molecule has 1 atom stereocenters. The Morgan fingerprint density at radius 2 is 2.31 bits per heavy atom. The topological polar surface area (TPSA) is 38.0 Å². The normalized spacial score (nSPS) is 12.9. The van der Waals surface area contributed by atoms with Crippen molar-refractivity contribution in [2.45, 2.75) is 19.4 Å². The lowest BCUT2D eigenvalue weighted by atomic mass is 10.1. The van der Waals surface area contributed by atoms with Crippen LogP contribution in [-0.2, 0) is 0 Å². The molecule has 1 aromatic carbocycles. The number of halogens is 2. The van der Waals surface area contributed by atoms with E-state index in [-0.39, 0.29) is 6.04 Å². The quantitative estimate of drug-likeness (QED) is 0.650. The van der Waals surface area contributed by atoms with Gasteiger partial charge in [0.15, 0.2) is 0 Å². The van der Waals surface area contributed by atoms with Crippen molar-refractivity contribution < 1.29 is 0 Å². The van der Waals surface area contributed by atoms with Crippen LogP contribution >= 0.6 is 27.5 Å². The highest BCUT2D eigenvalue weighted by atomic mass is 79.9. The van der Waals surface area contributed by atoms with Gasteiger partial charge in [0.2, 0.25) is 0 Å². The Bertz CT molecular complexity index is 287. The van der Waals surface area contributed by atoms with Crippen LogP contribution in [0.3, 0.4) is 0 Å². The maximum Gasteiger partial charge on any atom is 0.0468 e. The van der Waals surface area contributed by atoms with E-state index in [0.29, 0.717) is 0 Å². The van der Waals surface area contributed by atoms with Crippen LogP contribution in [0.1, 0.15) is 24.9 Å². The molecule has 0 saturated heterocycles. The molecule has 3 N–H and O–H groups in total. The Balaban J connectivity index is 2.99. The van der Waals surface area contributed by atoms with Gasteiger partial charge in [-0.05, 0) is 24.1 Å². The molecule has 1 unspecified atom stereocenters.